The van der Waals surface area contributed by atoms with Crippen molar-refractivity contribution >= 4 is 0 Å². The molecule has 1 heterocycles. The van der Waals surface area contributed by atoms with E-state index in [2.05, 4.69) is 66.4 Å². The summed E-state index contributed by atoms with van der Waals surface area (Å²) < 4.78 is 6.32. The van der Waals surface area contributed by atoms with Crippen molar-refractivity contribution in [1.29, 1.82) is 0 Å². The van der Waals surface area contributed by atoms with E-state index in [4.69, 9.17) is 4.74 Å². The first-order valence-electron chi connectivity index (χ1n) is 8.82. The summed E-state index contributed by atoms with van der Waals surface area (Å²) in [6.45, 7) is 5.71. The fourth-order valence-electron chi connectivity index (χ4n) is 3.23. The van der Waals surface area contributed by atoms with E-state index in [-0.39, 0.29) is 6.10 Å². The van der Waals surface area contributed by atoms with Crippen LogP contribution in [0.2, 0.25) is 0 Å². The third-order valence-corrected chi connectivity index (χ3v) is 4.63. The van der Waals surface area contributed by atoms with E-state index in [9.17, 15) is 0 Å². The van der Waals surface area contributed by atoms with Crippen molar-refractivity contribution in [1.82, 2.24) is 4.90 Å². The molecular weight excluding hydrogens is 282 g/mol. The molecule has 1 aliphatic heterocycles. The Hall–Kier alpha value is -1.80. The van der Waals surface area contributed by atoms with Crippen LogP contribution >= 0.6 is 0 Å². The van der Waals surface area contributed by atoms with Gasteiger partial charge in [0.2, 0.25) is 0 Å². The Labute approximate surface area is 140 Å². The minimum absolute atomic E-state index is 0.126. The fourth-order valence-corrected chi connectivity index (χ4v) is 3.23. The fraction of sp³-hybridized carbons (Fsp3) is 0.429. The summed E-state index contributed by atoms with van der Waals surface area (Å²) >= 11 is 0. The van der Waals surface area contributed by atoms with Gasteiger partial charge >= 0.3 is 0 Å². The molecule has 1 atom stereocenters. The van der Waals surface area contributed by atoms with E-state index in [1.807, 2.05) is 0 Å². The SMILES string of the molecule is Cc1ccc(OC(CCN2CCCCC2)c2ccccc2)cc1. The maximum absolute atomic E-state index is 6.32. The van der Waals surface area contributed by atoms with Crippen molar-refractivity contribution in [2.75, 3.05) is 19.6 Å². The molecule has 3 rings (SSSR count). The summed E-state index contributed by atoms with van der Waals surface area (Å²) in [7, 11) is 0. The minimum Gasteiger partial charge on any atom is -0.486 e. The van der Waals surface area contributed by atoms with Crippen LogP contribution in [0.15, 0.2) is 54.6 Å². The highest BCUT2D eigenvalue weighted by Gasteiger charge is 2.17. The van der Waals surface area contributed by atoms with Gasteiger partial charge in [0.15, 0.2) is 0 Å². The smallest absolute Gasteiger partial charge is 0.125 e. The van der Waals surface area contributed by atoms with Gasteiger partial charge in [-0.25, -0.2) is 0 Å². The summed E-state index contributed by atoms with van der Waals surface area (Å²) in [5.74, 6) is 0.961. The normalized spacial score (nSPS) is 16.9. The van der Waals surface area contributed by atoms with Gasteiger partial charge in [-0.2, -0.15) is 0 Å². The first-order valence-corrected chi connectivity index (χ1v) is 8.82. The summed E-state index contributed by atoms with van der Waals surface area (Å²) in [4.78, 5) is 2.58. The topological polar surface area (TPSA) is 12.5 Å². The van der Waals surface area contributed by atoms with Crippen molar-refractivity contribution in [3.63, 3.8) is 0 Å². The Morgan fingerprint density at radius 3 is 2.30 bits per heavy atom. The van der Waals surface area contributed by atoms with E-state index in [0.717, 1.165) is 18.7 Å². The molecule has 1 unspecified atom stereocenters. The molecule has 0 amide bonds. The van der Waals surface area contributed by atoms with Crippen LogP contribution in [-0.2, 0) is 0 Å². The molecule has 0 aromatic heterocycles. The molecule has 0 aliphatic carbocycles. The number of benzene rings is 2. The minimum atomic E-state index is 0.126. The Balaban J connectivity index is 1.67. The third-order valence-electron chi connectivity index (χ3n) is 4.63. The van der Waals surface area contributed by atoms with Gasteiger partial charge in [0.1, 0.15) is 11.9 Å². The highest BCUT2D eigenvalue weighted by Crippen LogP contribution is 2.26. The van der Waals surface area contributed by atoms with Gasteiger partial charge in [-0.15, -0.1) is 0 Å². The molecular formula is C21H27NO. The standard InChI is InChI=1S/C21H27NO/c1-18-10-12-20(13-11-18)23-21(19-8-4-2-5-9-19)14-17-22-15-6-3-7-16-22/h2,4-5,8-13,21H,3,6-7,14-17H2,1H3. The zero-order chi connectivity index (χ0) is 15.9. The van der Waals surface area contributed by atoms with E-state index in [1.165, 1.54) is 43.5 Å². The molecule has 2 aromatic rings. The first-order chi connectivity index (χ1) is 11.3. The number of hydrogen-bond donors (Lipinski definition) is 0. The van der Waals surface area contributed by atoms with Crippen LogP contribution in [-0.4, -0.2) is 24.5 Å². The van der Waals surface area contributed by atoms with Crippen LogP contribution in [0.4, 0.5) is 0 Å². The number of nitrogens with zero attached hydrogens (tertiary/aromatic N) is 1. The third kappa shape index (κ3) is 4.84. The summed E-state index contributed by atoms with van der Waals surface area (Å²) in [6.07, 6.45) is 5.24. The molecule has 1 fully saturated rings. The zero-order valence-corrected chi connectivity index (χ0v) is 14.1. The largest absolute Gasteiger partial charge is 0.486 e. The van der Waals surface area contributed by atoms with Crippen LogP contribution in [0.1, 0.15) is 42.9 Å². The molecule has 1 saturated heterocycles. The second-order valence-electron chi connectivity index (χ2n) is 6.52. The van der Waals surface area contributed by atoms with Gasteiger partial charge in [0.05, 0.1) is 0 Å². The van der Waals surface area contributed by atoms with Gasteiger partial charge < -0.3 is 9.64 Å². The summed E-state index contributed by atoms with van der Waals surface area (Å²) in [6, 6.07) is 19.0. The highest BCUT2D eigenvalue weighted by atomic mass is 16.5. The molecule has 1 aliphatic rings. The molecule has 122 valence electrons. The Morgan fingerprint density at radius 1 is 0.913 bits per heavy atom. The lowest BCUT2D eigenvalue weighted by Gasteiger charge is -2.28. The molecule has 0 spiro atoms. The lowest BCUT2D eigenvalue weighted by atomic mass is 10.0. The number of ether oxygens (including phenoxy) is 1. The summed E-state index contributed by atoms with van der Waals surface area (Å²) in [5, 5.41) is 0. The van der Waals surface area contributed by atoms with E-state index in [1.54, 1.807) is 0 Å². The van der Waals surface area contributed by atoms with Gasteiger partial charge in [0, 0.05) is 13.0 Å². The lowest BCUT2D eigenvalue weighted by molar-refractivity contribution is 0.152. The first kappa shape index (κ1) is 16.1. The molecule has 0 bridgehead atoms. The monoisotopic (exact) mass is 309 g/mol. The lowest BCUT2D eigenvalue weighted by Crippen LogP contribution is -2.31. The van der Waals surface area contributed by atoms with Crippen molar-refractivity contribution < 1.29 is 4.74 Å². The molecule has 0 saturated carbocycles. The zero-order valence-electron chi connectivity index (χ0n) is 14.1. The Kier molecular flexibility index (Phi) is 5.71. The van der Waals surface area contributed by atoms with Crippen molar-refractivity contribution in [3.05, 3.63) is 65.7 Å². The van der Waals surface area contributed by atoms with Gasteiger partial charge in [-0.3, -0.25) is 0 Å². The van der Waals surface area contributed by atoms with Crippen LogP contribution < -0.4 is 4.74 Å². The molecule has 0 N–H and O–H groups in total. The molecule has 2 aromatic carbocycles. The number of rotatable bonds is 6. The summed E-state index contributed by atoms with van der Waals surface area (Å²) in [5.41, 5.74) is 2.53. The predicted molar refractivity (Wildman–Crippen MR) is 95.9 cm³/mol. The molecule has 2 heteroatoms. The quantitative estimate of drug-likeness (QED) is 0.745. The Morgan fingerprint density at radius 2 is 1.61 bits per heavy atom. The van der Waals surface area contributed by atoms with Crippen LogP contribution in [0.5, 0.6) is 5.75 Å². The second kappa shape index (κ2) is 8.16. The van der Waals surface area contributed by atoms with Crippen LogP contribution in [0.3, 0.4) is 0 Å². The number of aryl methyl sites for hydroxylation is 1. The second-order valence-corrected chi connectivity index (χ2v) is 6.52. The maximum atomic E-state index is 6.32. The average molecular weight is 309 g/mol. The molecule has 23 heavy (non-hydrogen) atoms. The van der Waals surface area contributed by atoms with E-state index < -0.39 is 0 Å². The molecule has 0 radical (unpaired) electrons. The van der Waals surface area contributed by atoms with Gasteiger partial charge in [0.25, 0.3) is 0 Å². The van der Waals surface area contributed by atoms with Crippen LogP contribution in [0, 0.1) is 6.92 Å². The molecule has 2 nitrogen and oxygen atoms in total. The highest BCUT2D eigenvalue weighted by molar-refractivity contribution is 5.28. The van der Waals surface area contributed by atoms with E-state index in [0.29, 0.717) is 0 Å². The van der Waals surface area contributed by atoms with E-state index >= 15 is 0 Å². The number of hydrogen-bond acceptors (Lipinski definition) is 2. The number of likely N-dealkylation sites (tertiary alicyclic amines) is 1. The van der Waals surface area contributed by atoms with Crippen LogP contribution in [0.25, 0.3) is 0 Å². The van der Waals surface area contributed by atoms with Crippen molar-refractivity contribution in [2.45, 2.75) is 38.7 Å². The van der Waals surface area contributed by atoms with Crippen molar-refractivity contribution in [2.24, 2.45) is 0 Å². The van der Waals surface area contributed by atoms with Crippen molar-refractivity contribution in [3.8, 4) is 5.75 Å². The number of piperidine rings is 1. The average Bonchev–Trinajstić information content (AvgIpc) is 2.62. The predicted octanol–water partition coefficient (Wildman–Crippen LogP) is 4.99. The van der Waals surface area contributed by atoms with Gasteiger partial charge in [-0.1, -0.05) is 54.4 Å². The maximum Gasteiger partial charge on any atom is 0.125 e. The Bertz CT molecular complexity index is 573. The van der Waals surface area contributed by atoms with Gasteiger partial charge in [-0.05, 0) is 50.6 Å².